The Morgan fingerprint density at radius 1 is 0.671 bits per heavy atom. The number of rotatable bonds is 10. The second-order valence-corrected chi connectivity index (χ2v) is 21.6. The summed E-state index contributed by atoms with van der Waals surface area (Å²) < 4.78 is 0. The van der Waals surface area contributed by atoms with Crippen LogP contribution in [0.5, 0.6) is 0 Å². The third-order valence-electron chi connectivity index (χ3n) is 17.7. The van der Waals surface area contributed by atoms with E-state index in [0.717, 1.165) is 56.2 Å². The summed E-state index contributed by atoms with van der Waals surface area (Å²) in [6.07, 6.45) is 29.6. The summed E-state index contributed by atoms with van der Waals surface area (Å²) in [6, 6.07) is 67.6. The number of benzene rings is 7. The number of nitrogens with zero attached hydrogens (tertiary/aromatic N) is 1. The third kappa shape index (κ3) is 7.54. The molecule has 0 aromatic heterocycles. The van der Waals surface area contributed by atoms with Crippen molar-refractivity contribution in [2.24, 2.45) is 0 Å². The molecule has 4 aliphatic carbocycles. The van der Waals surface area contributed by atoms with E-state index in [9.17, 15) is 5.41 Å². The van der Waals surface area contributed by atoms with E-state index < -0.39 is 5.41 Å². The van der Waals surface area contributed by atoms with Crippen LogP contribution in [-0.4, -0.2) is 34.8 Å². The quantitative estimate of drug-likeness (QED) is 0.134. The van der Waals surface area contributed by atoms with Gasteiger partial charge in [-0.25, -0.2) is 0 Å². The number of aryl methyl sites for hydroxylation is 1. The molecule has 7 aliphatic rings. The minimum Gasteiger partial charge on any atom is -0.378 e. The van der Waals surface area contributed by atoms with Crippen molar-refractivity contribution >= 4 is 39.8 Å². The van der Waals surface area contributed by atoms with Crippen LogP contribution in [0.2, 0.25) is 0 Å². The summed E-state index contributed by atoms with van der Waals surface area (Å²) in [5.74, 6) is 0. The monoisotopic (exact) mass is 979 g/mol. The molecule has 76 heavy (non-hydrogen) atoms. The summed E-state index contributed by atoms with van der Waals surface area (Å²) in [7, 11) is 0. The number of hydrogen-bond acceptors (Lipinski definition) is 3. The first kappa shape index (κ1) is 46.2. The maximum Gasteiger partial charge on any atom is 0.0877 e. The fourth-order valence-electron chi connectivity index (χ4n) is 14.0. The minimum absolute atomic E-state index is 0.0824. The van der Waals surface area contributed by atoms with Crippen LogP contribution in [0.15, 0.2) is 259 Å². The van der Waals surface area contributed by atoms with Crippen LogP contribution >= 0.6 is 0 Å². The summed E-state index contributed by atoms with van der Waals surface area (Å²) in [5, 5.41) is 13.6. The van der Waals surface area contributed by atoms with Gasteiger partial charge in [0.1, 0.15) is 0 Å². The van der Waals surface area contributed by atoms with E-state index in [1.54, 1.807) is 0 Å². The largest absolute Gasteiger partial charge is 0.378 e. The van der Waals surface area contributed by atoms with Crippen molar-refractivity contribution in [1.82, 2.24) is 4.90 Å². The van der Waals surface area contributed by atoms with Gasteiger partial charge in [0.05, 0.1) is 22.7 Å². The zero-order valence-corrected chi connectivity index (χ0v) is 43.1. The van der Waals surface area contributed by atoms with Gasteiger partial charge in [0.25, 0.3) is 0 Å². The van der Waals surface area contributed by atoms with E-state index in [1.807, 2.05) is 0 Å². The van der Waals surface area contributed by atoms with Gasteiger partial charge >= 0.3 is 0 Å². The zero-order chi connectivity index (χ0) is 50.8. The lowest BCUT2D eigenvalue weighted by Crippen LogP contribution is -2.33. The maximum atomic E-state index is 9.46. The number of allylic oxidation sites excluding steroid dienone is 11. The lowest BCUT2D eigenvalue weighted by Gasteiger charge is -2.39. The van der Waals surface area contributed by atoms with E-state index in [4.69, 9.17) is 0 Å². The van der Waals surface area contributed by atoms with Crippen LogP contribution < -0.4 is 5.32 Å². The Morgan fingerprint density at radius 2 is 1.43 bits per heavy atom. The molecular weight excluding hydrogens is 919 g/mol. The molecule has 1 spiro atoms. The minimum atomic E-state index is -0.578. The normalized spacial score (nSPS) is 24.6. The number of fused-ring (bicyclic) bond motifs is 4. The molecule has 4 unspecified atom stereocenters. The fourth-order valence-corrected chi connectivity index (χ4v) is 14.0. The smallest absolute Gasteiger partial charge is 0.0877 e. The van der Waals surface area contributed by atoms with Gasteiger partial charge in [-0.2, -0.15) is 0 Å². The molecule has 3 nitrogen and oxygen atoms in total. The third-order valence-corrected chi connectivity index (χ3v) is 17.7. The summed E-state index contributed by atoms with van der Waals surface area (Å²) >= 11 is 0. The molecule has 7 aromatic carbocycles. The molecule has 3 heterocycles. The van der Waals surface area contributed by atoms with Gasteiger partial charge in [-0.3, -0.25) is 4.90 Å². The molecule has 0 radical (unpaired) electrons. The first-order valence-electron chi connectivity index (χ1n) is 27.5. The van der Waals surface area contributed by atoms with Crippen molar-refractivity contribution in [3.05, 3.63) is 309 Å². The van der Waals surface area contributed by atoms with Gasteiger partial charge < -0.3 is 10.7 Å². The van der Waals surface area contributed by atoms with E-state index >= 15 is 0 Å². The first-order valence-corrected chi connectivity index (χ1v) is 27.5. The number of anilines is 1. The van der Waals surface area contributed by atoms with Crippen molar-refractivity contribution in [1.29, 1.82) is 5.41 Å². The Kier molecular flexibility index (Phi) is 11.4. The lowest BCUT2D eigenvalue weighted by molar-refractivity contribution is 0.570. The Labute approximate surface area is 448 Å². The fraction of sp³-hybridized carbons (Fsp3) is 0.164. The predicted octanol–water partition coefficient (Wildman–Crippen LogP) is 16.9. The molecular formula is C73H61N3. The second kappa shape index (κ2) is 18.8. The van der Waals surface area contributed by atoms with Crippen LogP contribution in [0.25, 0.3) is 39.5 Å². The first-order chi connectivity index (χ1) is 37.5. The van der Waals surface area contributed by atoms with Crippen LogP contribution in [0.1, 0.15) is 89.1 Å². The van der Waals surface area contributed by atoms with Gasteiger partial charge in [0.15, 0.2) is 0 Å². The lowest BCUT2D eigenvalue weighted by atomic mass is 9.63. The Balaban J connectivity index is 0.878. The Bertz CT molecular complexity index is 3780. The van der Waals surface area contributed by atoms with E-state index in [1.165, 1.54) is 100 Å². The SMILES string of the molecule is C/C=C(/c1ccccc1)c1ccc2c(c1)NC(C1=CC(C3(c4cccc(/C=C/C=C5/C=CC67C(c8ccccc8)=CC[N@]6C7C5=N)c4)C4=C(CCC(c5ccccc5)=C4)c4ccc(-c5ccccc5)cc43)=CCC1)CC2. The molecule has 368 valence electrons. The molecule has 5 atom stereocenters. The Hall–Kier alpha value is -8.37. The highest BCUT2D eigenvalue weighted by Crippen LogP contribution is 2.61. The predicted molar refractivity (Wildman–Crippen MR) is 318 cm³/mol. The van der Waals surface area contributed by atoms with Gasteiger partial charge in [0, 0.05) is 18.3 Å². The summed E-state index contributed by atoms with van der Waals surface area (Å²) in [4.78, 5) is 2.46. The van der Waals surface area contributed by atoms with Gasteiger partial charge in [0.2, 0.25) is 0 Å². The highest BCUT2D eigenvalue weighted by Gasteiger charge is 2.68. The average molecular weight is 980 g/mol. The van der Waals surface area contributed by atoms with Crippen LogP contribution in [0.3, 0.4) is 0 Å². The van der Waals surface area contributed by atoms with Gasteiger partial charge in [-0.05, 0) is 163 Å². The van der Waals surface area contributed by atoms with Crippen LogP contribution in [0.4, 0.5) is 5.69 Å². The molecule has 0 bridgehead atoms. The standard InChI is InChI=1S/C73H61N3/c1-2-62(52-24-11-5-12-25-52)58-33-32-54-36-39-68(75-69(54)48-58)59-29-17-31-61(45-59)73(66-46-56(50-20-7-3-8-21-50)34-37-63(66)64-38-35-57(47-67(64)73)51-22-9-4-10-23-51)60-30-16-19-49(44-60)18-15-28-55-40-42-72-65(53-26-13-6-14-27-53)41-43-76(72)71(72)70(55)74/h2-16,18-28,30-34,37,40-42,44-48,68,71,74-75H,17,29,35-36,38-39,43H2,1H3/b18-15+,55-28-,62-2-,74-70?/t68?,71?,72?,73?,76-/m1/s1. The van der Waals surface area contributed by atoms with Gasteiger partial charge in [-0.1, -0.05) is 231 Å². The van der Waals surface area contributed by atoms with Crippen LogP contribution in [-0.2, 0) is 11.8 Å². The van der Waals surface area contributed by atoms with Crippen molar-refractivity contribution < 1.29 is 0 Å². The average Bonchev–Trinajstić information content (AvgIpc) is 3.89. The Morgan fingerprint density at radius 3 is 2.22 bits per heavy atom. The molecule has 7 aromatic rings. The van der Waals surface area contributed by atoms with Crippen LogP contribution in [0, 0.1) is 5.41 Å². The summed E-state index contributed by atoms with van der Waals surface area (Å²) in [5.41, 5.74) is 25.9. The molecule has 0 amide bonds. The zero-order valence-electron chi connectivity index (χ0n) is 43.1. The number of hydrogen-bond donors (Lipinski definition) is 2. The van der Waals surface area contributed by atoms with E-state index in [2.05, 4.69) is 260 Å². The molecule has 1 fully saturated rings. The molecule has 0 saturated carbocycles. The molecule has 3 aliphatic heterocycles. The second-order valence-electron chi connectivity index (χ2n) is 21.6. The van der Waals surface area contributed by atoms with Crippen molar-refractivity contribution in [2.75, 3.05) is 11.9 Å². The topological polar surface area (TPSA) is 38.9 Å². The number of nitrogens with one attached hydrogen (secondary N) is 2. The highest BCUT2D eigenvalue weighted by molar-refractivity contribution is 6.13. The summed E-state index contributed by atoms with van der Waals surface area (Å²) in [6.45, 7) is 3.03. The van der Waals surface area contributed by atoms with Crippen molar-refractivity contribution in [2.45, 2.75) is 68.5 Å². The highest BCUT2D eigenvalue weighted by atomic mass is 15.4. The molecule has 2 N–H and O–H groups in total. The van der Waals surface area contributed by atoms with Gasteiger partial charge in [-0.15, -0.1) is 0 Å². The van der Waals surface area contributed by atoms with E-state index in [-0.39, 0.29) is 17.6 Å². The van der Waals surface area contributed by atoms with Crippen molar-refractivity contribution in [3.8, 4) is 11.1 Å². The molecule has 3 heteroatoms. The van der Waals surface area contributed by atoms with E-state index in [0.29, 0.717) is 5.71 Å². The maximum absolute atomic E-state index is 9.46. The van der Waals surface area contributed by atoms with Crippen molar-refractivity contribution in [3.63, 3.8) is 0 Å². The molecule has 14 rings (SSSR count). The molecule has 1 saturated heterocycles.